The molecule has 1 unspecified atom stereocenters. The van der Waals surface area contributed by atoms with Gasteiger partial charge in [0.15, 0.2) is 29.1 Å². The van der Waals surface area contributed by atoms with Crippen LogP contribution in [0.1, 0.15) is 52.4 Å². The van der Waals surface area contributed by atoms with Crippen LogP contribution < -0.4 is 15.4 Å². The van der Waals surface area contributed by atoms with Gasteiger partial charge in [0.25, 0.3) is 11.8 Å². The van der Waals surface area contributed by atoms with Crippen molar-refractivity contribution in [1.29, 1.82) is 5.26 Å². The smallest absolute Gasteiger partial charge is 0.271 e. The van der Waals surface area contributed by atoms with Crippen LogP contribution in [0.5, 0.6) is 5.75 Å². The molecule has 3 aromatic rings. The number of ketones is 2. The first-order chi connectivity index (χ1) is 17.7. The van der Waals surface area contributed by atoms with Crippen molar-refractivity contribution in [2.75, 3.05) is 6.61 Å². The van der Waals surface area contributed by atoms with Gasteiger partial charge in [-0.15, -0.1) is 0 Å². The summed E-state index contributed by atoms with van der Waals surface area (Å²) < 4.78 is 20.6. The Balaban J connectivity index is 1.55. The highest BCUT2D eigenvalue weighted by atomic mass is 19.1. The summed E-state index contributed by atoms with van der Waals surface area (Å²) in [7, 11) is 0. The Morgan fingerprint density at radius 1 is 1.24 bits per heavy atom. The minimum Gasteiger partial charge on any atom is -0.486 e. The zero-order chi connectivity index (χ0) is 26.7. The van der Waals surface area contributed by atoms with Gasteiger partial charge in [0.05, 0.1) is 12.3 Å². The normalized spacial score (nSPS) is 13.4. The maximum atomic E-state index is 14.3. The molecule has 0 saturated heterocycles. The number of benzene rings is 1. The fourth-order valence-corrected chi connectivity index (χ4v) is 3.84. The molecule has 0 saturated carbocycles. The number of halogens is 1. The van der Waals surface area contributed by atoms with Gasteiger partial charge in [-0.2, -0.15) is 10.4 Å². The molecular formula is C25H23FN6O5. The lowest BCUT2D eigenvalue weighted by Gasteiger charge is -2.17. The highest BCUT2D eigenvalue weighted by Crippen LogP contribution is 2.24. The Kier molecular flexibility index (Phi) is 7.24. The van der Waals surface area contributed by atoms with E-state index >= 15 is 0 Å². The van der Waals surface area contributed by atoms with E-state index in [1.165, 1.54) is 0 Å². The van der Waals surface area contributed by atoms with Crippen molar-refractivity contribution in [1.82, 2.24) is 25.2 Å². The third-order valence-corrected chi connectivity index (χ3v) is 5.58. The Bertz CT molecular complexity index is 1460. The van der Waals surface area contributed by atoms with Crippen LogP contribution in [-0.2, 0) is 22.6 Å². The molecule has 2 aromatic heterocycles. The SMILES string of the molecule is CC(C)CC(=O)C(C#N)NC(=O)c1cc(C(=O)NCc2ccc3c(c2)CC(=O)CO3)nc2c(F)cnn12. The van der Waals surface area contributed by atoms with Gasteiger partial charge in [0.2, 0.25) is 0 Å². The summed E-state index contributed by atoms with van der Waals surface area (Å²) in [4.78, 5) is 53.8. The lowest BCUT2D eigenvalue weighted by molar-refractivity contribution is -0.121. The maximum absolute atomic E-state index is 14.3. The molecule has 1 atom stereocenters. The third-order valence-electron chi connectivity index (χ3n) is 5.58. The van der Waals surface area contributed by atoms with Crippen molar-refractivity contribution in [3.63, 3.8) is 0 Å². The topological polar surface area (TPSA) is 156 Å². The first-order valence-corrected chi connectivity index (χ1v) is 11.5. The van der Waals surface area contributed by atoms with E-state index in [9.17, 15) is 28.8 Å². The van der Waals surface area contributed by atoms with Gasteiger partial charge in [-0.05, 0) is 23.6 Å². The number of ether oxygens (including phenoxy) is 1. The summed E-state index contributed by atoms with van der Waals surface area (Å²) in [6.07, 6.45) is 1.15. The van der Waals surface area contributed by atoms with Crippen LogP contribution in [0.15, 0.2) is 30.5 Å². The van der Waals surface area contributed by atoms with Crippen molar-refractivity contribution in [3.8, 4) is 11.8 Å². The van der Waals surface area contributed by atoms with E-state index in [-0.39, 0.29) is 54.7 Å². The summed E-state index contributed by atoms with van der Waals surface area (Å²) in [6.45, 7) is 3.70. The van der Waals surface area contributed by atoms with Gasteiger partial charge in [0, 0.05) is 31.0 Å². The summed E-state index contributed by atoms with van der Waals surface area (Å²) in [6, 6.07) is 6.62. The van der Waals surface area contributed by atoms with Gasteiger partial charge in [-0.1, -0.05) is 19.9 Å². The lowest BCUT2D eigenvalue weighted by Crippen LogP contribution is -2.41. The molecule has 0 bridgehead atoms. The number of nitrogens with zero attached hydrogens (tertiary/aromatic N) is 4. The van der Waals surface area contributed by atoms with E-state index in [2.05, 4.69) is 20.7 Å². The molecule has 190 valence electrons. The molecule has 1 aromatic carbocycles. The molecule has 0 fully saturated rings. The molecular weight excluding hydrogens is 483 g/mol. The summed E-state index contributed by atoms with van der Waals surface area (Å²) >= 11 is 0. The molecule has 0 radical (unpaired) electrons. The van der Waals surface area contributed by atoms with Gasteiger partial charge in [-0.25, -0.2) is 13.9 Å². The van der Waals surface area contributed by atoms with E-state index in [4.69, 9.17) is 4.74 Å². The largest absolute Gasteiger partial charge is 0.486 e. The molecule has 12 heteroatoms. The number of nitrogens with one attached hydrogen (secondary N) is 2. The quantitative estimate of drug-likeness (QED) is 0.466. The second-order valence-electron chi connectivity index (χ2n) is 8.98. The first-order valence-electron chi connectivity index (χ1n) is 11.5. The average molecular weight is 506 g/mol. The Morgan fingerprint density at radius 2 is 2.03 bits per heavy atom. The van der Waals surface area contributed by atoms with Crippen LogP contribution in [0.3, 0.4) is 0 Å². The maximum Gasteiger partial charge on any atom is 0.271 e. The van der Waals surface area contributed by atoms with Gasteiger partial charge >= 0.3 is 0 Å². The van der Waals surface area contributed by atoms with Gasteiger partial charge < -0.3 is 15.4 Å². The Hall–Kier alpha value is -4.66. The van der Waals surface area contributed by atoms with Gasteiger partial charge in [0.1, 0.15) is 23.7 Å². The average Bonchev–Trinajstić information content (AvgIpc) is 3.24. The van der Waals surface area contributed by atoms with E-state index in [1.807, 2.05) is 0 Å². The highest BCUT2D eigenvalue weighted by Gasteiger charge is 2.25. The summed E-state index contributed by atoms with van der Waals surface area (Å²) in [5, 5.41) is 18.1. The number of hydrogen-bond acceptors (Lipinski definition) is 8. The van der Waals surface area contributed by atoms with Crippen LogP contribution in [0.25, 0.3) is 5.65 Å². The number of fused-ring (bicyclic) bond motifs is 2. The molecule has 1 aliphatic heterocycles. The fraction of sp³-hybridized carbons (Fsp3) is 0.320. The lowest BCUT2D eigenvalue weighted by atomic mass is 10.0. The number of aromatic nitrogens is 3. The van der Waals surface area contributed by atoms with Crippen molar-refractivity contribution in [3.05, 3.63) is 58.8 Å². The molecule has 0 aliphatic carbocycles. The van der Waals surface area contributed by atoms with Crippen molar-refractivity contribution in [2.45, 2.75) is 39.3 Å². The summed E-state index contributed by atoms with van der Waals surface area (Å²) in [5.41, 5.74) is 0.489. The van der Waals surface area contributed by atoms with Crippen molar-refractivity contribution in [2.24, 2.45) is 5.92 Å². The van der Waals surface area contributed by atoms with Gasteiger partial charge in [-0.3, -0.25) is 19.2 Å². The number of rotatable bonds is 8. The Labute approximate surface area is 210 Å². The second kappa shape index (κ2) is 10.5. The number of hydrogen-bond donors (Lipinski definition) is 2. The zero-order valence-electron chi connectivity index (χ0n) is 20.1. The molecule has 4 rings (SSSR count). The molecule has 2 N–H and O–H groups in total. The monoisotopic (exact) mass is 506 g/mol. The van der Waals surface area contributed by atoms with E-state index in [0.717, 1.165) is 16.8 Å². The van der Waals surface area contributed by atoms with Crippen molar-refractivity contribution >= 4 is 29.0 Å². The minimum atomic E-state index is -1.42. The predicted molar refractivity (Wildman–Crippen MR) is 126 cm³/mol. The number of amides is 2. The second-order valence-corrected chi connectivity index (χ2v) is 8.98. The summed E-state index contributed by atoms with van der Waals surface area (Å²) in [5.74, 6) is -2.40. The molecule has 37 heavy (non-hydrogen) atoms. The van der Waals surface area contributed by atoms with Crippen LogP contribution >= 0.6 is 0 Å². The molecule has 1 aliphatic rings. The molecule has 0 spiro atoms. The van der Waals surface area contributed by atoms with E-state index in [1.54, 1.807) is 38.1 Å². The van der Waals surface area contributed by atoms with E-state index < -0.39 is 29.5 Å². The number of carbonyl (C=O) groups is 4. The number of Topliss-reactive ketones (excluding diaryl/α,β-unsaturated/α-hetero) is 2. The van der Waals surface area contributed by atoms with Crippen LogP contribution in [0, 0.1) is 23.1 Å². The van der Waals surface area contributed by atoms with Crippen LogP contribution in [0.4, 0.5) is 4.39 Å². The van der Waals surface area contributed by atoms with Crippen molar-refractivity contribution < 1.29 is 28.3 Å². The number of carbonyl (C=O) groups excluding carboxylic acids is 4. The standard InChI is InChI=1S/C25H23FN6O5/c1-13(2)5-21(34)19(9-27)31-25(36)20-8-18(30-23-17(26)11-29-32(20)23)24(35)28-10-14-3-4-22-15(6-14)7-16(33)12-37-22/h3-4,6,8,11,13,19H,5,7,10,12H2,1-2H3,(H,28,35)(H,31,36). The fourth-order valence-electron chi connectivity index (χ4n) is 3.84. The molecule has 3 heterocycles. The number of nitriles is 1. The van der Waals surface area contributed by atoms with Crippen LogP contribution in [0.2, 0.25) is 0 Å². The molecule has 2 amide bonds. The zero-order valence-corrected chi connectivity index (χ0v) is 20.1. The third kappa shape index (κ3) is 5.61. The first kappa shape index (κ1) is 25.4. The Morgan fingerprint density at radius 3 is 2.76 bits per heavy atom. The van der Waals surface area contributed by atoms with Crippen LogP contribution in [-0.4, -0.2) is 50.6 Å². The minimum absolute atomic E-state index is 0.0217. The predicted octanol–water partition coefficient (Wildman–Crippen LogP) is 1.54. The highest BCUT2D eigenvalue weighted by molar-refractivity contribution is 6.00. The van der Waals surface area contributed by atoms with E-state index in [0.29, 0.717) is 16.9 Å². The molecule has 11 nitrogen and oxygen atoms in total.